The van der Waals surface area contributed by atoms with Crippen LogP contribution in [0.3, 0.4) is 0 Å². The van der Waals surface area contributed by atoms with Gasteiger partial charge in [-0.25, -0.2) is 4.98 Å². The molecule has 1 fully saturated rings. The summed E-state index contributed by atoms with van der Waals surface area (Å²) in [5, 5.41) is 7.82. The van der Waals surface area contributed by atoms with Crippen molar-refractivity contribution >= 4 is 47.2 Å². The van der Waals surface area contributed by atoms with Crippen molar-refractivity contribution in [3.8, 4) is 0 Å². The van der Waals surface area contributed by atoms with E-state index in [0.29, 0.717) is 18.9 Å². The van der Waals surface area contributed by atoms with Crippen molar-refractivity contribution < 1.29 is 4.79 Å². The molecule has 1 unspecified atom stereocenters. The number of amides is 1. The zero-order valence-electron chi connectivity index (χ0n) is 15.8. The molecule has 8 heteroatoms. The average Bonchev–Trinajstić information content (AvgIpc) is 3.17. The molecule has 1 aliphatic heterocycles. The molecule has 0 radical (unpaired) electrons. The lowest BCUT2D eigenvalue weighted by atomic mass is 10.1. The van der Waals surface area contributed by atoms with E-state index in [0.717, 1.165) is 30.5 Å². The number of nitrogens with one attached hydrogen (secondary N) is 2. The molecule has 0 spiro atoms. The van der Waals surface area contributed by atoms with Crippen molar-refractivity contribution in [1.29, 1.82) is 0 Å². The number of nitrogens with zero attached hydrogens (tertiary/aromatic N) is 3. The Balaban J connectivity index is 0.00000312. The van der Waals surface area contributed by atoms with Crippen LogP contribution in [0.1, 0.15) is 55.1 Å². The third-order valence-electron chi connectivity index (χ3n) is 4.24. The van der Waals surface area contributed by atoms with E-state index in [4.69, 9.17) is 4.98 Å². The lowest BCUT2D eigenvalue weighted by Gasteiger charge is -2.18. The van der Waals surface area contributed by atoms with Crippen LogP contribution in [-0.4, -0.2) is 47.9 Å². The third kappa shape index (κ3) is 6.09. The molecule has 2 rings (SSSR count). The van der Waals surface area contributed by atoms with Gasteiger partial charge in [0, 0.05) is 37.5 Å². The Morgan fingerprint density at radius 3 is 2.76 bits per heavy atom. The summed E-state index contributed by atoms with van der Waals surface area (Å²) in [6.07, 6.45) is 1.53. The minimum atomic E-state index is 0. The van der Waals surface area contributed by atoms with Gasteiger partial charge in [-0.3, -0.25) is 9.79 Å². The minimum Gasteiger partial charge on any atom is -0.352 e. The molecule has 142 valence electrons. The van der Waals surface area contributed by atoms with Crippen molar-refractivity contribution in [3.63, 3.8) is 0 Å². The smallest absolute Gasteiger partial charge is 0.222 e. The number of aryl methyl sites for hydroxylation is 1. The number of aliphatic imine (C=N–C) groups is 1. The molecule has 1 saturated heterocycles. The number of hydrogen-bond donors (Lipinski definition) is 2. The highest BCUT2D eigenvalue weighted by Gasteiger charge is 2.25. The monoisotopic (exact) mass is 479 g/mol. The molecule has 25 heavy (non-hydrogen) atoms. The zero-order valence-corrected chi connectivity index (χ0v) is 18.9. The Labute approximate surface area is 171 Å². The van der Waals surface area contributed by atoms with E-state index in [2.05, 4.69) is 36.4 Å². The summed E-state index contributed by atoms with van der Waals surface area (Å²) in [7, 11) is 1.77. The molecule has 6 nitrogen and oxygen atoms in total. The molecule has 1 amide bonds. The molecule has 1 atom stereocenters. The highest BCUT2D eigenvalue weighted by molar-refractivity contribution is 14.0. The topological polar surface area (TPSA) is 69.6 Å². The van der Waals surface area contributed by atoms with Gasteiger partial charge in [0.1, 0.15) is 5.01 Å². The van der Waals surface area contributed by atoms with Crippen LogP contribution >= 0.6 is 35.3 Å². The fourth-order valence-electron chi connectivity index (χ4n) is 2.95. The molecule has 2 heterocycles. The van der Waals surface area contributed by atoms with Gasteiger partial charge >= 0.3 is 0 Å². The number of halogens is 1. The van der Waals surface area contributed by atoms with E-state index in [9.17, 15) is 4.79 Å². The van der Waals surface area contributed by atoms with Gasteiger partial charge in [0.05, 0.1) is 12.2 Å². The van der Waals surface area contributed by atoms with Gasteiger partial charge in [0.15, 0.2) is 5.96 Å². The zero-order chi connectivity index (χ0) is 17.7. The molecular weight excluding hydrogens is 449 g/mol. The first kappa shape index (κ1) is 22.1. The van der Waals surface area contributed by atoms with Gasteiger partial charge in [0.2, 0.25) is 5.91 Å². The van der Waals surface area contributed by atoms with Crippen LogP contribution in [0.2, 0.25) is 0 Å². The van der Waals surface area contributed by atoms with Gasteiger partial charge in [-0.05, 0) is 19.3 Å². The summed E-state index contributed by atoms with van der Waals surface area (Å²) in [5.74, 6) is 1.44. The van der Waals surface area contributed by atoms with Crippen LogP contribution < -0.4 is 10.6 Å². The van der Waals surface area contributed by atoms with Crippen molar-refractivity contribution in [2.75, 3.05) is 20.1 Å². The number of carbonyl (C=O) groups is 1. The first-order valence-electron chi connectivity index (χ1n) is 8.65. The van der Waals surface area contributed by atoms with Gasteiger partial charge in [-0.2, -0.15) is 0 Å². The Bertz CT molecular complexity index is 602. The van der Waals surface area contributed by atoms with Crippen LogP contribution in [0.5, 0.6) is 0 Å². The number of rotatable bonds is 5. The van der Waals surface area contributed by atoms with E-state index in [1.807, 2.05) is 11.8 Å². The van der Waals surface area contributed by atoms with Crippen LogP contribution in [0.15, 0.2) is 4.99 Å². The lowest BCUT2D eigenvalue weighted by Crippen LogP contribution is -2.44. The molecule has 1 aliphatic rings. The Morgan fingerprint density at radius 1 is 1.48 bits per heavy atom. The maximum atomic E-state index is 11.8. The molecule has 1 aromatic heterocycles. The maximum Gasteiger partial charge on any atom is 0.222 e. The largest absolute Gasteiger partial charge is 0.352 e. The van der Waals surface area contributed by atoms with Gasteiger partial charge < -0.3 is 15.5 Å². The fraction of sp³-hybridized carbons (Fsp3) is 0.706. The second-order valence-electron chi connectivity index (χ2n) is 6.45. The van der Waals surface area contributed by atoms with Crippen LogP contribution in [-0.2, 0) is 11.3 Å². The molecule has 2 N–H and O–H groups in total. The number of hydrogen-bond acceptors (Lipinski definition) is 4. The molecule has 0 bridgehead atoms. The second-order valence-corrected chi connectivity index (χ2v) is 7.74. The fourth-order valence-corrected chi connectivity index (χ4v) is 3.98. The lowest BCUT2D eigenvalue weighted by molar-refractivity contribution is -0.129. The quantitative estimate of drug-likeness (QED) is 0.387. The van der Waals surface area contributed by atoms with Crippen molar-refractivity contribution in [2.24, 2.45) is 4.99 Å². The van der Waals surface area contributed by atoms with Gasteiger partial charge in [0.25, 0.3) is 0 Å². The molecule has 0 saturated carbocycles. The Hall–Kier alpha value is -0.900. The average molecular weight is 479 g/mol. The van der Waals surface area contributed by atoms with Crippen LogP contribution in [0.4, 0.5) is 0 Å². The number of guanidine groups is 1. The van der Waals surface area contributed by atoms with Gasteiger partial charge in [-0.15, -0.1) is 35.3 Å². The van der Waals surface area contributed by atoms with E-state index in [1.165, 1.54) is 10.6 Å². The SMILES string of the molecule is CCC(=O)N1CCC(NC(=NC)NCc2nc(C(C)C)c(C)s2)C1.I. The molecular formula is C17H30IN5OS. The van der Waals surface area contributed by atoms with Crippen molar-refractivity contribution in [3.05, 3.63) is 15.6 Å². The third-order valence-corrected chi connectivity index (χ3v) is 5.23. The number of thiazole rings is 1. The number of likely N-dealkylation sites (tertiary alicyclic amines) is 1. The highest BCUT2D eigenvalue weighted by atomic mass is 127. The first-order valence-corrected chi connectivity index (χ1v) is 9.47. The summed E-state index contributed by atoms with van der Waals surface area (Å²) < 4.78 is 0. The Morgan fingerprint density at radius 2 is 2.20 bits per heavy atom. The van der Waals surface area contributed by atoms with E-state index < -0.39 is 0 Å². The second kappa shape index (κ2) is 10.3. The molecule has 0 aliphatic carbocycles. The van der Waals surface area contributed by atoms with E-state index >= 15 is 0 Å². The number of aromatic nitrogens is 1. The van der Waals surface area contributed by atoms with E-state index in [1.54, 1.807) is 18.4 Å². The van der Waals surface area contributed by atoms with Crippen LogP contribution in [0.25, 0.3) is 0 Å². The Kier molecular flexibility index (Phi) is 9.12. The molecule has 1 aromatic rings. The summed E-state index contributed by atoms with van der Waals surface area (Å²) >= 11 is 1.74. The number of carbonyl (C=O) groups excluding carboxylic acids is 1. The van der Waals surface area contributed by atoms with Crippen LogP contribution in [0, 0.1) is 6.92 Å². The summed E-state index contributed by atoms with van der Waals surface area (Å²) in [4.78, 5) is 24.0. The summed E-state index contributed by atoms with van der Waals surface area (Å²) in [6, 6.07) is 0.260. The maximum absolute atomic E-state index is 11.8. The predicted octanol–water partition coefficient (Wildman–Crippen LogP) is 2.87. The standard InChI is InChI=1S/C17H29N5OS.HI/c1-6-15(23)22-8-7-13(10-22)20-17(18-5)19-9-14-21-16(11(2)3)12(4)24-14;/h11,13H,6-10H2,1-5H3,(H2,18,19,20);1H. The predicted molar refractivity (Wildman–Crippen MR) is 115 cm³/mol. The van der Waals surface area contributed by atoms with Crippen molar-refractivity contribution in [2.45, 2.75) is 59.0 Å². The summed E-state index contributed by atoms with van der Waals surface area (Å²) in [5.41, 5.74) is 1.18. The van der Waals surface area contributed by atoms with Gasteiger partial charge in [-0.1, -0.05) is 20.8 Å². The first-order chi connectivity index (χ1) is 11.4. The minimum absolute atomic E-state index is 0. The molecule has 0 aromatic carbocycles. The van der Waals surface area contributed by atoms with E-state index in [-0.39, 0.29) is 35.9 Å². The summed E-state index contributed by atoms with van der Waals surface area (Å²) in [6.45, 7) is 10.6. The van der Waals surface area contributed by atoms with Crippen molar-refractivity contribution in [1.82, 2.24) is 20.5 Å². The normalized spacial score (nSPS) is 17.6. The highest BCUT2D eigenvalue weighted by Crippen LogP contribution is 2.23.